The minimum atomic E-state index is -0.330. The van der Waals surface area contributed by atoms with Crippen LogP contribution in [0.15, 0.2) is 0 Å². The van der Waals surface area contributed by atoms with E-state index in [0.29, 0.717) is 13.0 Å². The van der Waals surface area contributed by atoms with Gasteiger partial charge in [0.25, 0.3) is 0 Å². The van der Waals surface area contributed by atoms with Crippen molar-refractivity contribution >= 4 is 5.91 Å². The van der Waals surface area contributed by atoms with Crippen LogP contribution in [0.3, 0.4) is 0 Å². The van der Waals surface area contributed by atoms with Crippen LogP contribution in [0.2, 0.25) is 0 Å². The molecular weight excluding hydrogens is 216 g/mol. The van der Waals surface area contributed by atoms with Crippen LogP contribution in [-0.2, 0) is 4.79 Å². The Morgan fingerprint density at radius 1 is 1.18 bits per heavy atom. The number of aliphatic hydroxyl groups is 1. The Kier molecular flexibility index (Phi) is 6.52. The molecule has 0 saturated heterocycles. The van der Waals surface area contributed by atoms with E-state index >= 15 is 0 Å². The molecule has 1 rings (SSSR count). The number of unbranched alkanes of at least 4 members (excludes halogenated alkanes) is 2. The van der Waals surface area contributed by atoms with Crippen molar-refractivity contribution in [2.45, 2.75) is 63.3 Å². The maximum absolute atomic E-state index is 11.8. The zero-order valence-corrected chi connectivity index (χ0v) is 10.7. The number of hydrogen-bond acceptors (Lipinski definition) is 3. The summed E-state index contributed by atoms with van der Waals surface area (Å²) in [5.41, 5.74) is 5.07. The molecule has 1 amide bonds. The van der Waals surface area contributed by atoms with Crippen LogP contribution in [0.1, 0.15) is 57.8 Å². The minimum Gasteiger partial charge on any atom is -0.394 e. The van der Waals surface area contributed by atoms with Crippen LogP contribution >= 0.6 is 0 Å². The highest BCUT2D eigenvalue weighted by Gasteiger charge is 2.32. The number of amides is 1. The highest BCUT2D eigenvalue weighted by Crippen LogP contribution is 2.27. The van der Waals surface area contributed by atoms with E-state index < -0.39 is 0 Å². The van der Waals surface area contributed by atoms with Crippen molar-refractivity contribution in [1.29, 1.82) is 0 Å². The van der Waals surface area contributed by atoms with Gasteiger partial charge in [0.2, 0.25) is 5.91 Å². The van der Waals surface area contributed by atoms with E-state index in [1.54, 1.807) is 0 Å². The zero-order chi connectivity index (χ0) is 12.6. The lowest BCUT2D eigenvalue weighted by molar-refractivity contribution is -0.124. The van der Waals surface area contributed by atoms with Gasteiger partial charge in [-0.1, -0.05) is 25.7 Å². The van der Waals surface area contributed by atoms with Crippen LogP contribution in [0, 0.1) is 0 Å². The van der Waals surface area contributed by atoms with Gasteiger partial charge < -0.3 is 16.2 Å². The molecule has 17 heavy (non-hydrogen) atoms. The average Bonchev–Trinajstić information content (AvgIpc) is 2.36. The van der Waals surface area contributed by atoms with Crippen molar-refractivity contribution in [3.63, 3.8) is 0 Å². The van der Waals surface area contributed by atoms with Gasteiger partial charge >= 0.3 is 0 Å². The standard InChI is InChI=1S/C13H26N2O2/c14-10-6-1-3-7-12(17)15-13(11-16)8-4-2-5-9-13/h16H,1-11,14H2,(H,15,17). The van der Waals surface area contributed by atoms with E-state index in [9.17, 15) is 9.90 Å². The molecule has 0 aromatic rings. The first-order chi connectivity index (χ1) is 8.22. The highest BCUT2D eigenvalue weighted by atomic mass is 16.3. The maximum atomic E-state index is 11.8. The molecule has 4 nitrogen and oxygen atoms in total. The summed E-state index contributed by atoms with van der Waals surface area (Å²) in [5, 5.41) is 12.5. The average molecular weight is 242 g/mol. The molecule has 0 bridgehead atoms. The molecule has 0 aliphatic heterocycles. The number of rotatable bonds is 7. The molecule has 100 valence electrons. The van der Waals surface area contributed by atoms with Gasteiger partial charge in [-0.3, -0.25) is 4.79 Å². The van der Waals surface area contributed by atoms with Gasteiger partial charge in [-0.25, -0.2) is 0 Å². The van der Waals surface area contributed by atoms with Crippen molar-refractivity contribution in [1.82, 2.24) is 5.32 Å². The van der Waals surface area contributed by atoms with E-state index in [4.69, 9.17) is 5.73 Å². The fourth-order valence-electron chi connectivity index (χ4n) is 2.52. The number of nitrogens with two attached hydrogens (primary N) is 1. The van der Waals surface area contributed by atoms with Crippen molar-refractivity contribution in [2.24, 2.45) is 5.73 Å². The molecule has 0 aromatic carbocycles. The van der Waals surface area contributed by atoms with Crippen molar-refractivity contribution in [3.8, 4) is 0 Å². The van der Waals surface area contributed by atoms with E-state index in [1.807, 2.05) is 0 Å². The van der Waals surface area contributed by atoms with Crippen LogP contribution in [-0.4, -0.2) is 29.7 Å². The Labute approximate surface area is 104 Å². The Morgan fingerprint density at radius 3 is 2.47 bits per heavy atom. The first-order valence-corrected chi connectivity index (χ1v) is 6.84. The van der Waals surface area contributed by atoms with Gasteiger partial charge in [-0.15, -0.1) is 0 Å². The maximum Gasteiger partial charge on any atom is 0.220 e. The monoisotopic (exact) mass is 242 g/mol. The van der Waals surface area contributed by atoms with Gasteiger partial charge in [-0.05, 0) is 32.2 Å². The highest BCUT2D eigenvalue weighted by molar-refractivity contribution is 5.76. The smallest absolute Gasteiger partial charge is 0.220 e. The van der Waals surface area contributed by atoms with E-state index in [1.165, 1.54) is 6.42 Å². The van der Waals surface area contributed by atoms with Gasteiger partial charge in [0.15, 0.2) is 0 Å². The van der Waals surface area contributed by atoms with Crippen molar-refractivity contribution in [3.05, 3.63) is 0 Å². The molecule has 0 aromatic heterocycles. The van der Waals surface area contributed by atoms with Crippen molar-refractivity contribution < 1.29 is 9.90 Å². The minimum absolute atomic E-state index is 0.0710. The predicted octanol–water partition coefficient (Wildman–Crippen LogP) is 1.32. The van der Waals surface area contributed by atoms with Crippen LogP contribution in [0.4, 0.5) is 0 Å². The molecule has 0 atom stereocenters. The predicted molar refractivity (Wildman–Crippen MR) is 68.6 cm³/mol. The molecular formula is C13H26N2O2. The molecule has 1 fully saturated rings. The summed E-state index contributed by atoms with van der Waals surface area (Å²) in [5.74, 6) is 0.0815. The molecule has 0 heterocycles. The van der Waals surface area contributed by atoms with Gasteiger partial charge in [0.05, 0.1) is 12.1 Å². The molecule has 1 saturated carbocycles. The first kappa shape index (κ1) is 14.5. The summed E-state index contributed by atoms with van der Waals surface area (Å²) in [4.78, 5) is 11.8. The van der Waals surface area contributed by atoms with E-state index in [0.717, 1.165) is 44.9 Å². The quantitative estimate of drug-likeness (QED) is 0.589. The number of aliphatic hydroxyl groups excluding tert-OH is 1. The zero-order valence-electron chi connectivity index (χ0n) is 10.7. The molecule has 1 aliphatic carbocycles. The fraction of sp³-hybridized carbons (Fsp3) is 0.923. The Bertz CT molecular complexity index is 225. The third-order valence-corrected chi connectivity index (χ3v) is 3.63. The van der Waals surface area contributed by atoms with E-state index in [2.05, 4.69) is 5.32 Å². The fourth-order valence-corrected chi connectivity index (χ4v) is 2.52. The molecule has 4 N–H and O–H groups in total. The molecule has 1 aliphatic rings. The lowest BCUT2D eigenvalue weighted by atomic mass is 9.82. The summed E-state index contributed by atoms with van der Waals surface area (Å²) in [6, 6.07) is 0. The third kappa shape index (κ3) is 5.04. The number of hydrogen-bond donors (Lipinski definition) is 3. The summed E-state index contributed by atoms with van der Waals surface area (Å²) >= 11 is 0. The molecule has 0 unspecified atom stereocenters. The van der Waals surface area contributed by atoms with Gasteiger partial charge in [0, 0.05) is 6.42 Å². The SMILES string of the molecule is NCCCCCC(=O)NC1(CO)CCCCC1. The third-order valence-electron chi connectivity index (χ3n) is 3.63. The topological polar surface area (TPSA) is 75.4 Å². The van der Waals surface area contributed by atoms with Crippen LogP contribution < -0.4 is 11.1 Å². The van der Waals surface area contributed by atoms with Gasteiger partial charge in [0.1, 0.15) is 0 Å². The number of carbonyl (C=O) groups is 1. The second-order valence-corrected chi connectivity index (χ2v) is 5.15. The molecule has 0 spiro atoms. The Morgan fingerprint density at radius 2 is 1.88 bits per heavy atom. The van der Waals surface area contributed by atoms with E-state index in [-0.39, 0.29) is 18.1 Å². The molecule has 0 radical (unpaired) electrons. The Hall–Kier alpha value is -0.610. The van der Waals surface area contributed by atoms with Crippen molar-refractivity contribution in [2.75, 3.05) is 13.2 Å². The van der Waals surface area contributed by atoms with Crippen LogP contribution in [0.5, 0.6) is 0 Å². The second kappa shape index (κ2) is 7.67. The molecule has 4 heteroatoms. The largest absolute Gasteiger partial charge is 0.394 e. The lowest BCUT2D eigenvalue weighted by Crippen LogP contribution is -2.52. The first-order valence-electron chi connectivity index (χ1n) is 6.84. The summed E-state index contributed by atoms with van der Waals surface area (Å²) < 4.78 is 0. The summed E-state index contributed by atoms with van der Waals surface area (Å²) in [7, 11) is 0. The second-order valence-electron chi connectivity index (χ2n) is 5.15. The lowest BCUT2D eigenvalue weighted by Gasteiger charge is -2.36. The normalized spacial score (nSPS) is 18.9. The summed E-state index contributed by atoms with van der Waals surface area (Å²) in [6.45, 7) is 0.768. The number of carbonyl (C=O) groups excluding carboxylic acids is 1. The Balaban J connectivity index is 2.27. The van der Waals surface area contributed by atoms with Gasteiger partial charge in [-0.2, -0.15) is 0 Å². The summed E-state index contributed by atoms with van der Waals surface area (Å²) in [6.07, 6.45) is 8.70. The van der Waals surface area contributed by atoms with Crippen LogP contribution in [0.25, 0.3) is 0 Å². The number of nitrogens with one attached hydrogen (secondary N) is 1.